The molecule has 5 nitrogen and oxygen atoms in total. The maximum atomic E-state index is 12.7. The summed E-state index contributed by atoms with van der Waals surface area (Å²) in [6.45, 7) is 2.22. The maximum absolute atomic E-state index is 12.7. The molecule has 0 radical (unpaired) electrons. The predicted octanol–water partition coefficient (Wildman–Crippen LogP) is 3.37. The molecule has 26 heavy (non-hydrogen) atoms. The molecule has 3 aliphatic rings. The van der Waals surface area contributed by atoms with E-state index in [1.807, 2.05) is 25.1 Å². The largest absolute Gasteiger partial charge is 0.326 e. The van der Waals surface area contributed by atoms with Gasteiger partial charge in [0.1, 0.15) is 0 Å². The van der Waals surface area contributed by atoms with Crippen LogP contribution in [0.3, 0.4) is 0 Å². The normalized spacial score (nSPS) is 29.4. The monoisotopic (exact) mass is 418 g/mol. The fourth-order valence-corrected chi connectivity index (χ4v) is 5.50. The molecule has 2 aliphatic carbocycles. The lowest BCUT2D eigenvalue weighted by Crippen LogP contribution is -2.35. The number of amides is 3. The molecular weight excluding hydrogens is 396 g/mol. The van der Waals surface area contributed by atoms with Crippen molar-refractivity contribution >= 4 is 39.3 Å². The maximum Gasteiger partial charge on any atom is 0.233 e. The van der Waals surface area contributed by atoms with Crippen molar-refractivity contribution in [2.45, 2.75) is 39.0 Å². The van der Waals surface area contributed by atoms with Gasteiger partial charge in [0.15, 0.2) is 0 Å². The van der Waals surface area contributed by atoms with Crippen LogP contribution in [0.2, 0.25) is 0 Å². The molecule has 0 aromatic heterocycles. The lowest BCUT2D eigenvalue weighted by molar-refractivity contribution is -0.140. The number of carbonyl (C=O) groups is 3. The number of hydrogen-bond donors (Lipinski definition) is 1. The molecule has 1 aromatic rings. The van der Waals surface area contributed by atoms with Crippen LogP contribution in [0, 0.1) is 23.7 Å². The van der Waals surface area contributed by atoms with Crippen LogP contribution in [0.15, 0.2) is 22.7 Å². The molecule has 3 fully saturated rings. The number of nitrogens with zero attached hydrogens (tertiary/aromatic N) is 1. The van der Waals surface area contributed by atoms with Gasteiger partial charge in [-0.05, 0) is 61.3 Å². The third-order valence-electron chi connectivity index (χ3n) is 6.30. The molecule has 3 amide bonds. The van der Waals surface area contributed by atoms with E-state index in [4.69, 9.17) is 0 Å². The molecular formula is C20H23BrN2O3. The van der Waals surface area contributed by atoms with Crippen molar-refractivity contribution in [1.29, 1.82) is 0 Å². The molecule has 6 heteroatoms. The van der Waals surface area contributed by atoms with Crippen LogP contribution in [-0.4, -0.2) is 29.2 Å². The Hall–Kier alpha value is -1.69. The smallest absolute Gasteiger partial charge is 0.233 e. The highest BCUT2D eigenvalue weighted by atomic mass is 79.9. The lowest BCUT2D eigenvalue weighted by Gasteiger charge is -2.19. The number of fused-ring (bicyclic) bond motifs is 5. The van der Waals surface area contributed by atoms with Crippen LogP contribution < -0.4 is 5.32 Å². The van der Waals surface area contributed by atoms with Gasteiger partial charge in [-0.25, -0.2) is 0 Å². The van der Waals surface area contributed by atoms with Gasteiger partial charge in [-0.2, -0.15) is 0 Å². The fraction of sp³-hybridized carbons (Fsp3) is 0.550. The van der Waals surface area contributed by atoms with E-state index in [0.717, 1.165) is 41.4 Å². The van der Waals surface area contributed by atoms with Crippen LogP contribution >= 0.6 is 15.9 Å². The topological polar surface area (TPSA) is 66.5 Å². The van der Waals surface area contributed by atoms with Gasteiger partial charge >= 0.3 is 0 Å². The third kappa shape index (κ3) is 2.88. The van der Waals surface area contributed by atoms with Gasteiger partial charge in [0, 0.05) is 23.1 Å². The number of halogens is 1. The Balaban J connectivity index is 1.38. The average molecular weight is 419 g/mol. The van der Waals surface area contributed by atoms with Gasteiger partial charge in [0.25, 0.3) is 0 Å². The number of rotatable bonds is 5. The molecule has 4 atom stereocenters. The minimum Gasteiger partial charge on any atom is -0.326 e. The third-order valence-corrected chi connectivity index (χ3v) is 6.80. The van der Waals surface area contributed by atoms with E-state index in [9.17, 15) is 14.4 Å². The zero-order chi connectivity index (χ0) is 18.4. The van der Waals surface area contributed by atoms with Crippen LogP contribution in [-0.2, 0) is 20.8 Å². The van der Waals surface area contributed by atoms with E-state index >= 15 is 0 Å². The zero-order valence-corrected chi connectivity index (χ0v) is 16.4. The summed E-state index contributed by atoms with van der Waals surface area (Å²) in [4.78, 5) is 39.0. The Morgan fingerprint density at radius 1 is 1.19 bits per heavy atom. The summed E-state index contributed by atoms with van der Waals surface area (Å²) in [6, 6.07) is 5.74. The molecule has 1 aliphatic heterocycles. The highest BCUT2D eigenvalue weighted by molar-refractivity contribution is 9.10. The van der Waals surface area contributed by atoms with Crippen LogP contribution in [0.5, 0.6) is 0 Å². The van der Waals surface area contributed by atoms with E-state index in [1.54, 1.807) is 0 Å². The lowest BCUT2D eigenvalue weighted by atomic mass is 9.81. The van der Waals surface area contributed by atoms with Gasteiger partial charge in [0.05, 0.1) is 11.8 Å². The van der Waals surface area contributed by atoms with Crippen LogP contribution in [0.25, 0.3) is 0 Å². The Labute approximate surface area is 161 Å². The number of nitrogens with one attached hydrogen (secondary N) is 1. The summed E-state index contributed by atoms with van der Waals surface area (Å²) >= 11 is 3.44. The van der Waals surface area contributed by atoms with Crippen LogP contribution in [0.4, 0.5) is 5.69 Å². The van der Waals surface area contributed by atoms with Gasteiger partial charge in [-0.15, -0.1) is 0 Å². The Bertz CT molecular complexity index is 750. The van der Waals surface area contributed by atoms with Crippen molar-refractivity contribution in [3.05, 3.63) is 28.2 Å². The molecule has 4 rings (SSSR count). The molecule has 2 bridgehead atoms. The second-order valence-corrected chi connectivity index (χ2v) is 8.58. The zero-order valence-electron chi connectivity index (χ0n) is 14.8. The number of hydrogen-bond acceptors (Lipinski definition) is 3. The van der Waals surface area contributed by atoms with E-state index in [2.05, 4.69) is 21.2 Å². The summed E-state index contributed by atoms with van der Waals surface area (Å²) in [6.07, 6.45) is 4.13. The second kappa shape index (κ2) is 6.80. The number of aryl methyl sites for hydroxylation is 1. The van der Waals surface area contributed by atoms with Gasteiger partial charge < -0.3 is 5.32 Å². The number of benzene rings is 1. The Morgan fingerprint density at radius 3 is 2.46 bits per heavy atom. The molecule has 2 saturated carbocycles. The van der Waals surface area contributed by atoms with Gasteiger partial charge in [0.2, 0.25) is 17.7 Å². The highest BCUT2D eigenvalue weighted by Crippen LogP contribution is 2.56. The Morgan fingerprint density at radius 2 is 1.85 bits per heavy atom. The Kier molecular flexibility index (Phi) is 4.63. The van der Waals surface area contributed by atoms with Crippen molar-refractivity contribution in [2.75, 3.05) is 11.9 Å². The second-order valence-electron chi connectivity index (χ2n) is 7.67. The van der Waals surface area contributed by atoms with Crippen molar-refractivity contribution in [2.24, 2.45) is 23.7 Å². The summed E-state index contributed by atoms with van der Waals surface area (Å²) in [5, 5.41) is 2.91. The molecule has 0 spiro atoms. The SMILES string of the molecule is CCc1cc(Br)ccc1NC(=O)CCN1C(=O)[C@H]2[C@@H]3CC[C@@H](C3)[C@@H]2C1=O. The first-order chi connectivity index (χ1) is 12.5. The van der Waals surface area contributed by atoms with Gasteiger partial charge in [-0.3, -0.25) is 19.3 Å². The highest BCUT2D eigenvalue weighted by Gasteiger charge is 2.60. The first-order valence-corrected chi connectivity index (χ1v) is 10.2. The first kappa shape index (κ1) is 17.7. The molecule has 1 aromatic carbocycles. The van der Waals surface area contributed by atoms with Crippen LogP contribution in [0.1, 0.15) is 38.2 Å². The molecule has 1 saturated heterocycles. The minimum absolute atomic E-state index is 0.0436. The fourth-order valence-electron chi connectivity index (χ4n) is 5.09. The van der Waals surface area contributed by atoms with Crippen molar-refractivity contribution in [3.8, 4) is 0 Å². The quantitative estimate of drug-likeness (QED) is 0.745. The minimum atomic E-state index is -0.164. The first-order valence-electron chi connectivity index (χ1n) is 9.43. The number of imide groups is 1. The van der Waals surface area contributed by atoms with Crippen molar-refractivity contribution in [1.82, 2.24) is 4.90 Å². The van der Waals surface area contributed by atoms with E-state index < -0.39 is 0 Å². The van der Waals surface area contributed by atoms with E-state index in [-0.39, 0.29) is 42.5 Å². The van der Waals surface area contributed by atoms with Crippen molar-refractivity contribution in [3.63, 3.8) is 0 Å². The van der Waals surface area contributed by atoms with Gasteiger partial charge in [-0.1, -0.05) is 22.9 Å². The van der Waals surface area contributed by atoms with E-state index in [0.29, 0.717) is 11.8 Å². The molecule has 1 heterocycles. The summed E-state index contributed by atoms with van der Waals surface area (Å²) in [5.74, 6) is 0.300. The van der Waals surface area contributed by atoms with E-state index in [1.165, 1.54) is 4.90 Å². The number of carbonyl (C=O) groups excluding carboxylic acids is 3. The molecule has 0 unspecified atom stereocenters. The summed E-state index contributed by atoms with van der Waals surface area (Å²) < 4.78 is 0.974. The molecule has 1 N–H and O–H groups in total. The number of likely N-dealkylation sites (tertiary alicyclic amines) is 1. The standard InChI is InChI=1S/C20H23BrN2O3/c1-2-11-10-14(21)5-6-15(11)22-16(24)7-8-23-19(25)17-12-3-4-13(9-12)18(17)20(23)26/h5-6,10,12-13,17-18H,2-4,7-9H2,1H3,(H,22,24)/t12-,13+,17-,18-/m0/s1. The summed E-state index contributed by atoms with van der Waals surface area (Å²) in [7, 11) is 0. The van der Waals surface area contributed by atoms with Crippen molar-refractivity contribution < 1.29 is 14.4 Å². The average Bonchev–Trinajstić information content (AvgIpc) is 3.29. The number of anilines is 1. The summed E-state index contributed by atoms with van der Waals surface area (Å²) in [5.41, 5.74) is 1.84. The molecule has 138 valence electrons. The predicted molar refractivity (Wildman–Crippen MR) is 101 cm³/mol.